The number of amides is 1. The topological polar surface area (TPSA) is 41.6 Å². The number of nitrogens with one attached hydrogen (secondary N) is 1. The van der Waals surface area contributed by atoms with Crippen molar-refractivity contribution < 1.29 is 18.3 Å². The summed E-state index contributed by atoms with van der Waals surface area (Å²) in [4.78, 5) is 14.2. The Morgan fingerprint density at radius 1 is 1.50 bits per heavy atom. The number of nitrogens with zero attached hydrogens (tertiary/aromatic N) is 1. The van der Waals surface area contributed by atoms with Gasteiger partial charge in [0.2, 0.25) is 0 Å². The average Bonchev–Trinajstić information content (AvgIpc) is 2.48. The summed E-state index contributed by atoms with van der Waals surface area (Å²) >= 11 is 5.87. The SMILES string of the molecule is CNC1CCCN(C(=O)c2cc(Cl)ccc2OC(F)F)C1.Cl. The maximum atomic E-state index is 12.5. The van der Waals surface area contributed by atoms with Gasteiger partial charge in [0, 0.05) is 24.2 Å². The van der Waals surface area contributed by atoms with E-state index in [-0.39, 0.29) is 35.7 Å². The van der Waals surface area contributed by atoms with Crippen LogP contribution < -0.4 is 10.1 Å². The zero-order valence-electron chi connectivity index (χ0n) is 12.0. The molecule has 1 fully saturated rings. The first-order valence-electron chi connectivity index (χ1n) is 6.72. The van der Waals surface area contributed by atoms with Crippen LogP contribution in [-0.2, 0) is 0 Å². The number of hydrogen-bond donors (Lipinski definition) is 1. The molecule has 0 aromatic heterocycles. The fraction of sp³-hybridized carbons (Fsp3) is 0.500. The number of alkyl halides is 2. The van der Waals surface area contributed by atoms with Gasteiger partial charge in [-0.2, -0.15) is 8.78 Å². The lowest BCUT2D eigenvalue weighted by Crippen LogP contribution is -2.47. The highest BCUT2D eigenvalue weighted by molar-refractivity contribution is 6.31. The van der Waals surface area contributed by atoms with Crippen LogP contribution in [0.2, 0.25) is 5.02 Å². The number of likely N-dealkylation sites (tertiary alicyclic amines) is 1. The zero-order chi connectivity index (χ0) is 15.4. The van der Waals surface area contributed by atoms with Crippen LogP contribution in [-0.4, -0.2) is 43.6 Å². The fourth-order valence-electron chi connectivity index (χ4n) is 2.44. The van der Waals surface area contributed by atoms with Crippen molar-refractivity contribution in [1.82, 2.24) is 10.2 Å². The predicted octanol–water partition coefficient (Wildman–Crippen LogP) is 3.19. The summed E-state index contributed by atoms with van der Waals surface area (Å²) in [5.74, 6) is -0.487. The molecule has 0 radical (unpaired) electrons. The highest BCUT2D eigenvalue weighted by atomic mass is 35.5. The second kappa shape index (κ2) is 8.50. The van der Waals surface area contributed by atoms with Gasteiger partial charge in [-0.3, -0.25) is 4.79 Å². The highest BCUT2D eigenvalue weighted by Gasteiger charge is 2.26. The molecule has 1 N–H and O–H groups in total. The van der Waals surface area contributed by atoms with Crippen molar-refractivity contribution in [2.45, 2.75) is 25.5 Å². The molecule has 1 aliphatic rings. The summed E-state index contributed by atoms with van der Waals surface area (Å²) in [6.45, 7) is -1.85. The number of benzene rings is 1. The number of piperidine rings is 1. The normalized spacial score (nSPS) is 18.0. The molecular formula is C14H18Cl2F2N2O2. The lowest BCUT2D eigenvalue weighted by atomic mass is 10.0. The minimum atomic E-state index is -2.98. The molecule has 4 nitrogen and oxygen atoms in total. The van der Waals surface area contributed by atoms with Crippen LogP contribution in [0.5, 0.6) is 5.75 Å². The van der Waals surface area contributed by atoms with E-state index in [1.807, 2.05) is 7.05 Å². The molecule has 1 heterocycles. The Morgan fingerprint density at radius 2 is 2.23 bits per heavy atom. The third-order valence-corrected chi connectivity index (χ3v) is 3.74. The van der Waals surface area contributed by atoms with Crippen LogP contribution in [0.4, 0.5) is 8.78 Å². The smallest absolute Gasteiger partial charge is 0.387 e. The molecule has 1 unspecified atom stereocenters. The maximum Gasteiger partial charge on any atom is 0.387 e. The van der Waals surface area contributed by atoms with Crippen LogP contribution in [0.3, 0.4) is 0 Å². The van der Waals surface area contributed by atoms with Gasteiger partial charge in [-0.25, -0.2) is 0 Å². The van der Waals surface area contributed by atoms with E-state index in [9.17, 15) is 13.6 Å². The van der Waals surface area contributed by atoms with Gasteiger partial charge in [-0.1, -0.05) is 11.6 Å². The van der Waals surface area contributed by atoms with E-state index in [0.29, 0.717) is 18.1 Å². The van der Waals surface area contributed by atoms with Crippen molar-refractivity contribution in [3.05, 3.63) is 28.8 Å². The summed E-state index contributed by atoms with van der Waals surface area (Å²) in [7, 11) is 1.84. The summed E-state index contributed by atoms with van der Waals surface area (Å²) < 4.78 is 29.3. The van der Waals surface area contributed by atoms with Crippen LogP contribution in [0, 0.1) is 0 Å². The molecule has 0 aliphatic carbocycles. The van der Waals surface area contributed by atoms with Crippen LogP contribution in [0.1, 0.15) is 23.2 Å². The second-order valence-electron chi connectivity index (χ2n) is 4.90. The number of halogens is 4. The third-order valence-electron chi connectivity index (χ3n) is 3.50. The fourth-order valence-corrected chi connectivity index (χ4v) is 2.61. The van der Waals surface area contributed by atoms with Crippen LogP contribution in [0.15, 0.2) is 18.2 Å². The molecule has 1 aromatic carbocycles. The van der Waals surface area contributed by atoms with Gasteiger partial charge in [0.05, 0.1) is 5.56 Å². The van der Waals surface area contributed by atoms with Crippen LogP contribution in [0.25, 0.3) is 0 Å². The van der Waals surface area contributed by atoms with Gasteiger partial charge in [-0.15, -0.1) is 12.4 Å². The molecule has 1 amide bonds. The predicted molar refractivity (Wildman–Crippen MR) is 83.3 cm³/mol. The highest BCUT2D eigenvalue weighted by Crippen LogP contribution is 2.27. The Bertz CT molecular complexity index is 518. The molecule has 1 atom stereocenters. The van der Waals surface area contributed by atoms with E-state index in [1.165, 1.54) is 18.2 Å². The molecule has 1 aliphatic heterocycles. The van der Waals surface area contributed by atoms with Crippen molar-refractivity contribution in [3.63, 3.8) is 0 Å². The molecule has 0 bridgehead atoms. The van der Waals surface area contributed by atoms with E-state index in [0.717, 1.165) is 12.8 Å². The minimum Gasteiger partial charge on any atom is -0.434 e. The lowest BCUT2D eigenvalue weighted by Gasteiger charge is -2.33. The largest absolute Gasteiger partial charge is 0.434 e. The van der Waals surface area contributed by atoms with Crippen molar-refractivity contribution >= 4 is 29.9 Å². The average molecular weight is 355 g/mol. The molecule has 0 spiro atoms. The number of carbonyl (C=O) groups excluding carboxylic acids is 1. The summed E-state index contributed by atoms with van der Waals surface area (Å²) in [6, 6.07) is 4.29. The van der Waals surface area contributed by atoms with Crippen molar-refractivity contribution in [2.24, 2.45) is 0 Å². The van der Waals surface area contributed by atoms with Gasteiger partial charge in [0.15, 0.2) is 0 Å². The second-order valence-corrected chi connectivity index (χ2v) is 5.33. The Labute approximate surface area is 139 Å². The van der Waals surface area contributed by atoms with Crippen molar-refractivity contribution in [1.29, 1.82) is 0 Å². The number of rotatable bonds is 4. The van der Waals surface area contributed by atoms with Crippen molar-refractivity contribution in [3.8, 4) is 5.75 Å². The first kappa shape index (κ1) is 18.9. The zero-order valence-corrected chi connectivity index (χ0v) is 13.6. The molecule has 124 valence electrons. The van der Waals surface area contributed by atoms with Gasteiger partial charge >= 0.3 is 6.61 Å². The van der Waals surface area contributed by atoms with E-state index in [1.54, 1.807) is 4.90 Å². The Kier molecular flexibility index (Phi) is 7.32. The van der Waals surface area contributed by atoms with E-state index in [4.69, 9.17) is 11.6 Å². The monoisotopic (exact) mass is 354 g/mol. The summed E-state index contributed by atoms with van der Waals surface area (Å²) in [5, 5.41) is 3.43. The first-order chi connectivity index (χ1) is 10.0. The third kappa shape index (κ3) is 4.69. The van der Waals surface area contributed by atoms with E-state index < -0.39 is 6.61 Å². The quantitative estimate of drug-likeness (QED) is 0.902. The minimum absolute atomic E-state index is 0. The molecular weight excluding hydrogens is 337 g/mol. The molecule has 8 heteroatoms. The molecule has 22 heavy (non-hydrogen) atoms. The van der Waals surface area contributed by atoms with Gasteiger partial charge < -0.3 is 15.0 Å². The lowest BCUT2D eigenvalue weighted by molar-refractivity contribution is -0.0503. The Morgan fingerprint density at radius 3 is 2.86 bits per heavy atom. The van der Waals surface area contributed by atoms with Gasteiger partial charge in [0.1, 0.15) is 5.75 Å². The number of likely N-dealkylation sites (N-methyl/N-ethyl adjacent to an activating group) is 1. The Hall–Kier alpha value is -1.11. The van der Waals surface area contributed by atoms with Gasteiger partial charge in [-0.05, 0) is 38.1 Å². The first-order valence-corrected chi connectivity index (χ1v) is 7.10. The molecule has 1 saturated heterocycles. The summed E-state index contributed by atoms with van der Waals surface area (Å²) in [6.07, 6.45) is 1.85. The molecule has 0 saturated carbocycles. The van der Waals surface area contributed by atoms with Crippen LogP contribution >= 0.6 is 24.0 Å². The van der Waals surface area contributed by atoms with E-state index in [2.05, 4.69) is 10.1 Å². The summed E-state index contributed by atoms with van der Waals surface area (Å²) in [5.41, 5.74) is 0.0690. The standard InChI is InChI=1S/C14H17ClF2N2O2.ClH/c1-18-10-3-2-6-19(8-10)13(20)11-7-9(15)4-5-12(11)21-14(16)17;/h4-5,7,10,14,18H,2-3,6,8H2,1H3;1H. The number of hydrogen-bond acceptors (Lipinski definition) is 3. The number of carbonyl (C=O) groups is 1. The van der Waals surface area contributed by atoms with E-state index >= 15 is 0 Å². The molecule has 2 rings (SSSR count). The molecule has 1 aromatic rings. The number of ether oxygens (including phenoxy) is 1. The Balaban J connectivity index is 0.00000242. The maximum absolute atomic E-state index is 12.5. The van der Waals surface area contributed by atoms with Crippen molar-refractivity contribution in [2.75, 3.05) is 20.1 Å². The van der Waals surface area contributed by atoms with Gasteiger partial charge in [0.25, 0.3) is 5.91 Å².